The van der Waals surface area contributed by atoms with Gasteiger partial charge in [0.05, 0.1) is 35.8 Å². The third-order valence-electron chi connectivity index (χ3n) is 16.4. The number of benzene rings is 6. The first-order chi connectivity index (χ1) is 38.1. The molecule has 0 spiro atoms. The van der Waals surface area contributed by atoms with Crippen LogP contribution in [-0.4, -0.2) is 64.8 Å². The van der Waals surface area contributed by atoms with E-state index < -0.39 is 0 Å². The molecule has 4 aliphatic rings. The van der Waals surface area contributed by atoms with Crippen LogP contribution in [0.5, 0.6) is 0 Å². The van der Waals surface area contributed by atoms with Gasteiger partial charge in [-0.2, -0.15) is 0 Å². The first-order valence-corrected chi connectivity index (χ1v) is 28.3. The summed E-state index contributed by atoms with van der Waals surface area (Å²) in [6.07, 6.45) is 17.6. The van der Waals surface area contributed by atoms with Crippen LogP contribution in [0.15, 0.2) is 158 Å². The molecule has 0 fully saturated rings. The third kappa shape index (κ3) is 13.8. The smallest absolute Gasteiger partial charge is 0.0539 e. The van der Waals surface area contributed by atoms with Gasteiger partial charge in [0.25, 0.3) is 0 Å². The molecule has 0 saturated heterocycles. The van der Waals surface area contributed by atoms with Gasteiger partial charge in [-0.15, -0.1) is 69.8 Å². The minimum Gasteiger partial charge on any atom is -0.393 e. The zero-order chi connectivity index (χ0) is 57.2. The summed E-state index contributed by atoms with van der Waals surface area (Å²) in [5.74, 6) is 1.54. The quantitative estimate of drug-likeness (QED) is 0.111. The van der Waals surface area contributed by atoms with Gasteiger partial charge in [0.2, 0.25) is 0 Å². The Bertz CT molecular complexity index is 3650. The molecular formula is C72H78Ir2N4O4-2. The number of aliphatic hydroxyl groups is 4. The molecule has 10 heteroatoms. The van der Waals surface area contributed by atoms with Crippen molar-refractivity contribution in [3.05, 3.63) is 226 Å². The summed E-state index contributed by atoms with van der Waals surface area (Å²) in [5.41, 5.74) is 18.6. The summed E-state index contributed by atoms with van der Waals surface area (Å²) in [5, 5.41) is 39.4. The van der Waals surface area contributed by atoms with Crippen molar-refractivity contribution in [2.24, 2.45) is 11.8 Å². The van der Waals surface area contributed by atoms with Crippen LogP contribution in [0.2, 0.25) is 0 Å². The molecule has 4 N–H and O–H groups in total. The number of fused-ring (bicyclic) bond motifs is 8. The number of aliphatic hydroxyl groups excluding tert-OH is 4. The van der Waals surface area contributed by atoms with E-state index in [0.29, 0.717) is 36.5 Å². The van der Waals surface area contributed by atoms with E-state index in [0.717, 1.165) is 45.3 Å². The maximum atomic E-state index is 8.56. The molecule has 0 aliphatic heterocycles. The zero-order valence-corrected chi connectivity index (χ0v) is 54.1. The maximum absolute atomic E-state index is 8.56. The molecule has 12 rings (SSSR count). The molecule has 0 saturated carbocycles. The second kappa shape index (κ2) is 26.8. The Morgan fingerprint density at radius 1 is 0.512 bits per heavy atom. The van der Waals surface area contributed by atoms with E-state index in [4.69, 9.17) is 20.4 Å². The molecule has 0 amide bonds. The van der Waals surface area contributed by atoms with E-state index in [9.17, 15) is 0 Å². The van der Waals surface area contributed by atoms with Crippen molar-refractivity contribution in [1.82, 2.24) is 19.9 Å². The number of aromatic nitrogens is 4. The van der Waals surface area contributed by atoms with Gasteiger partial charge < -0.3 is 30.4 Å². The summed E-state index contributed by atoms with van der Waals surface area (Å²) >= 11 is 0. The van der Waals surface area contributed by atoms with Gasteiger partial charge in [-0.25, -0.2) is 0 Å². The van der Waals surface area contributed by atoms with Gasteiger partial charge in [0.1, 0.15) is 0 Å². The van der Waals surface area contributed by atoms with Crippen molar-refractivity contribution >= 4 is 32.7 Å². The minimum atomic E-state index is -0.375. The van der Waals surface area contributed by atoms with Crippen LogP contribution < -0.4 is 0 Å². The first-order valence-electron chi connectivity index (χ1n) is 28.3. The Balaban J connectivity index is 0.000000188. The molecule has 2 heterocycles. The Morgan fingerprint density at radius 2 is 0.951 bits per heavy atom. The van der Waals surface area contributed by atoms with Gasteiger partial charge >= 0.3 is 0 Å². The van der Waals surface area contributed by atoms with Crippen LogP contribution in [-0.2, 0) is 51.0 Å². The molecule has 8 unspecified atom stereocenters. The standard InChI is InChI=1S/2C31H27N2.2C5H12O2.2Ir/c1-19-18-32-30(20(2)33-19)23-13-15-28-27(16-23)26-14-12-22(17-29(26)31(28,3)4)25-11-7-9-21-8-5-6-10-24(21)25;1-19-18-32-30(20(2)33-19)25-12-14-28-27(16-25)26-13-11-24(17-29(26)31(28,3)4)23-10-9-21-7-5-6-8-22(21)15-23;2*1-4(6)3-5(2)7;;/h5-12,14-18,26,29H,1-4H3;5-11,13-18,26,29H,1-4H3;2*4-7H,3H2,1-2H3;;/q2*-1;;;;. The van der Waals surface area contributed by atoms with Crippen molar-refractivity contribution in [2.75, 3.05) is 0 Å². The number of aryl methyl sites for hydroxylation is 4. The van der Waals surface area contributed by atoms with E-state index in [1.807, 2.05) is 40.1 Å². The SMILES string of the molecule is CC(O)CC(C)O.CC(O)CC(C)O.Cc1cnc(-c2[c-]cc3c(c2)C2C=CC(c4ccc5ccccc5c4)=CC2C3(C)C)c(C)n1.Cc1cnc(-c2[c-]cc3c(c2)C2C=CC(c4cccc5ccccc45)=CC2C3(C)C)c(C)n1.[Ir].[Ir]. The Kier molecular flexibility index (Phi) is 20.8. The topological polar surface area (TPSA) is 132 Å². The molecule has 8 aromatic rings. The van der Waals surface area contributed by atoms with Gasteiger partial charge in [0.15, 0.2) is 0 Å². The fourth-order valence-electron chi connectivity index (χ4n) is 12.5. The van der Waals surface area contributed by atoms with Crippen LogP contribution in [0, 0.1) is 51.7 Å². The number of rotatable bonds is 8. The van der Waals surface area contributed by atoms with Gasteiger partial charge in [-0.1, -0.05) is 143 Å². The summed E-state index contributed by atoms with van der Waals surface area (Å²) in [7, 11) is 0. The Labute approximate surface area is 513 Å². The second-order valence-corrected chi connectivity index (χ2v) is 23.8. The summed E-state index contributed by atoms with van der Waals surface area (Å²) in [6.45, 7) is 24.1. The van der Waals surface area contributed by atoms with E-state index >= 15 is 0 Å². The van der Waals surface area contributed by atoms with Crippen molar-refractivity contribution in [2.45, 2.75) is 143 Å². The van der Waals surface area contributed by atoms with Gasteiger partial charge in [-0.05, 0) is 153 Å². The van der Waals surface area contributed by atoms with Crippen molar-refractivity contribution in [1.29, 1.82) is 0 Å². The predicted molar refractivity (Wildman–Crippen MR) is 328 cm³/mol. The summed E-state index contributed by atoms with van der Waals surface area (Å²) in [4.78, 5) is 18.6. The molecule has 6 aromatic carbocycles. The zero-order valence-electron chi connectivity index (χ0n) is 49.3. The van der Waals surface area contributed by atoms with Gasteiger partial charge in [-0.3, -0.25) is 9.97 Å². The molecule has 2 radical (unpaired) electrons. The van der Waals surface area contributed by atoms with Crippen molar-refractivity contribution in [3.8, 4) is 22.5 Å². The largest absolute Gasteiger partial charge is 0.393 e. The minimum absolute atomic E-state index is 0. The average molecular weight is 1450 g/mol. The molecular weight excluding hydrogens is 1370 g/mol. The molecule has 8 atom stereocenters. The van der Waals surface area contributed by atoms with Crippen molar-refractivity contribution < 1.29 is 60.6 Å². The Hall–Kier alpha value is -5.90. The second-order valence-electron chi connectivity index (χ2n) is 23.8. The monoisotopic (exact) mass is 1450 g/mol. The van der Waals surface area contributed by atoms with Crippen LogP contribution >= 0.6 is 0 Å². The van der Waals surface area contributed by atoms with Crippen LogP contribution in [0.1, 0.15) is 136 Å². The molecule has 8 nitrogen and oxygen atoms in total. The molecule has 4 aliphatic carbocycles. The van der Waals surface area contributed by atoms with Crippen LogP contribution in [0.25, 0.3) is 55.2 Å². The summed E-state index contributed by atoms with van der Waals surface area (Å²) in [6, 6.07) is 46.7. The normalized spacial score (nSPS) is 19.7. The van der Waals surface area contributed by atoms with Crippen molar-refractivity contribution in [3.63, 3.8) is 0 Å². The van der Waals surface area contributed by atoms with E-state index in [-0.39, 0.29) is 75.5 Å². The van der Waals surface area contributed by atoms with E-state index in [1.54, 1.807) is 27.7 Å². The first kappa shape index (κ1) is 63.7. The number of nitrogens with zero attached hydrogens (tertiary/aromatic N) is 4. The Morgan fingerprint density at radius 3 is 1.43 bits per heavy atom. The number of allylic oxidation sites excluding steroid dienone is 8. The van der Waals surface area contributed by atoms with Crippen LogP contribution in [0.3, 0.4) is 0 Å². The van der Waals surface area contributed by atoms with E-state index in [1.165, 1.54) is 66.1 Å². The number of hydrogen-bond acceptors (Lipinski definition) is 8. The van der Waals surface area contributed by atoms with Crippen LogP contribution in [0.4, 0.5) is 0 Å². The fraction of sp³-hybridized carbons (Fsp3) is 0.333. The predicted octanol–water partition coefficient (Wildman–Crippen LogP) is 15.0. The molecule has 0 bridgehead atoms. The third-order valence-corrected chi connectivity index (χ3v) is 16.4. The average Bonchev–Trinajstić information content (AvgIpc) is 3.78. The molecule has 82 heavy (non-hydrogen) atoms. The maximum Gasteiger partial charge on any atom is 0.0539 e. The molecule has 2 aromatic heterocycles. The fourth-order valence-corrected chi connectivity index (χ4v) is 12.5. The van der Waals surface area contributed by atoms with Gasteiger partial charge in [0, 0.05) is 75.4 Å². The molecule has 430 valence electrons. The summed E-state index contributed by atoms with van der Waals surface area (Å²) < 4.78 is 0. The number of hydrogen-bond donors (Lipinski definition) is 4. The van der Waals surface area contributed by atoms with E-state index in [2.05, 4.69) is 205 Å².